The number of ether oxygens (including phenoxy) is 1. The first-order valence-corrected chi connectivity index (χ1v) is 6.25. The molecule has 4 heteroatoms. The Bertz CT molecular complexity index is 475. The van der Waals surface area contributed by atoms with Gasteiger partial charge in [-0.25, -0.2) is 0 Å². The largest absolute Gasteiger partial charge is 0.377 e. The van der Waals surface area contributed by atoms with Crippen LogP contribution >= 0.6 is 0 Å². The van der Waals surface area contributed by atoms with Crippen LogP contribution in [0.4, 0.5) is 5.69 Å². The molecule has 0 bridgehead atoms. The third-order valence-corrected chi connectivity index (χ3v) is 2.46. The summed E-state index contributed by atoms with van der Waals surface area (Å²) >= 11 is 0. The molecule has 0 aliphatic carbocycles. The topological polar surface area (TPSA) is 62.1 Å². The highest BCUT2D eigenvalue weighted by Crippen LogP contribution is 2.13. The van der Waals surface area contributed by atoms with Gasteiger partial charge < -0.3 is 10.1 Å². The summed E-state index contributed by atoms with van der Waals surface area (Å²) in [5, 5.41) is 11.6. The van der Waals surface area contributed by atoms with Gasteiger partial charge in [-0.2, -0.15) is 5.26 Å². The number of rotatable bonds is 7. The number of nitrogens with zero attached hydrogens (tertiary/aromatic N) is 1. The Balaban J connectivity index is 2.30. The molecule has 0 unspecified atom stereocenters. The number of benzene rings is 1. The highest BCUT2D eigenvalue weighted by molar-refractivity contribution is 5.92. The van der Waals surface area contributed by atoms with Crippen LogP contribution in [0.25, 0.3) is 0 Å². The van der Waals surface area contributed by atoms with Gasteiger partial charge in [0.1, 0.15) is 6.07 Å². The lowest BCUT2D eigenvalue weighted by Crippen LogP contribution is -2.13. The second kappa shape index (κ2) is 8.90. The van der Waals surface area contributed by atoms with E-state index in [1.807, 2.05) is 25.1 Å². The normalized spacial score (nSPS) is 10.3. The van der Waals surface area contributed by atoms with Crippen LogP contribution in [0.15, 0.2) is 36.4 Å². The Morgan fingerprint density at radius 2 is 2.26 bits per heavy atom. The summed E-state index contributed by atoms with van der Waals surface area (Å²) in [6.07, 6.45) is 4.89. The van der Waals surface area contributed by atoms with E-state index in [1.54, 1.807) is 24.3 Å². The summed E-state index contributed by atoms with van der Waals surface area (Å²) < 4.78 is 5.30. The molecule has 0 heterocycles. The molecule has 0 spiro atoms. The Labute approximate surface area is 113 Å². The van der Waals surface area contributed by atoms with E-state index in [0.717, 1.165) is 0 Å². The van der Waals surface area contributed by atoms with Gasteiger partial charge in [0.25, 0.3) is 0 Å². The summed E-state index contributed by atoms with van der Waals surface area (Å²) in [7, 11) is 0. The third-order valence-electron chi connectivity index (χ3n) is 2.46. The second-order valence-corrected chi connectivity index (χ2v) is 3.95. The summed E-state index contributed by atoms with van der Waals surface area (Å²) in [6.45, 7) is 3.07. The second-order valence-electron chi connectivity index (χ2n) is 3.95. The zero-order valence-corrected chi connectivity index (χ0v) is 11.1. The molecule has 0 aliphatic rings. The molecule has 0 fully saturated rings. The highest BCUT2D eigenvalue weighted by atomic mass is 16.5. The third kappa shape index (κ3) is 5.84. The highest BCUT2D eigenvalue weighted by Gasteiger charge is 2.05. The Kier molecular flexibility index (Phi) is 7.00. The van der Waals surface area contributed by atoms with E-state index in [1.165, 1.54) is 0 Å². The van der Waals surface area contributed by atoms with Gasteiger partial charge in [-0.15, -0.1) is 0 Å². The van der Waals surface area contributed by atoms with E-state index in [-0.39, 0.29) is 5.91 Å². The monoisotopic (exact) mass is 258 g/mol. The van der Waals surface area contributed by atoms with Crippen LogP contribution in [0.3, 0.4) is 0 Å². The molecule has 4 nitrogen and oxygen atoms in total. The van der Waals surface area contributed by atoms with E-state index in [9.17, 15) is 4.79 Å². The fourth-order valence-electron chi connectivity index (χ4n) is 1.48. The fraction of sp³-hybridized carbons (Fsp3) is 0.333. The van der Waals surface area contributed by atoms with Crippen LogP contribution in [0.1, 0.15) is 25.3 Å². The summed E-state index contributed by atoms with van der Waals surface area (Å²) in [5.41, 5.74) is 1.03. The van der Waals surface area contributed by atoms with Crippen LogP contribution in [-0.4, -0.2) is 19.1 Å². The molecule has 100 valence electrons. The van der Waals surface area contributed by atoms with E-state index in [2.05, 4.69) is 5.32 Å². The van der Waals surface area contributed by atoms with Gasteiger partial charge in [0.05, 0.1) is 17.9 Å². The minimum Gasteiger partial charge on any atom is -0.377 e. The lowest BCUT2D eigenvalue weighted by Gasteiger charge is -2.06. The molecule has 0 aromatic heterocycles. The summed E-state index contributed by atoms with van der Waals surface area (Å²) in [5.74, 6) is -0.0997. The van der Waals surface area contributed by atoms with Crippen molar-refractivity contribution in [3.05, 3.63) is 42.0 Å². The van der Waals surface area contributed by atoms with Crippen molar-refractivity contribution in [2.24, 2.45) is 0 Å². The van der Waals surface area contributed by atoms with E-state index < -0.39 is 0 Å². The fourth-order valence-corrected chi connectivity index (χ4v) is 1.48. The predicted molar refractivity (Wildman–Crippen MR) is 74.7 cm³/mol. The maximum atomic E-state index is 11.7. The van der Waals surface area contributed by atoms with Gasteiger partial charge in [0.2, 0.25) is 5.91 Å². The standard InChI is InChI=1S/C15H18N2O2/c1-2-3-10-19-11-6-9-15(18)17-14-8-5-4-7-13(14)12-16/h2-5,7-8H,6,9-11H2,1H3,(H,17,18). The van der Waals surface area contributed by atoms with Crippen molar-refractivity contribution in [2.45, 2.75) is 19.8 Å². The summed E-state index contributed by atoms with van der Waals surface area (Å²) in [4.78, 5) is 11.7. The first kappa shape index (κ1) is 14.9. The maximum absolute atomic E-state index is 11.7. The number of allylic oxidation sites excluding steroid dienone is 1. The molecule has 0 atom stereocenters. The van der Waals surface area contributed by atoms with Crippen molar-refractivity contribution in [3.8, 4) is 6.07 Å². The quantitative estimate of drug-likeness (QED) is 0.604. The molecule has 0 radical (unpaired) electrons. The average molecular weight is 258 g/mol. The van der Waals surface area contributed by atoms with E-state index in [0.29, 0.717) is 37.3 Å². The lowest BCUT2D eigenvalue weighted by atomic mass is 10.2. The minimum atomic E-state index is -0.0997. The number of amides is 1. The lowest BCUT2D eigenvalue weighted by molar-refractivity contribution is -0.116. The zero-order valence-electron chi connectivity index (χ0n) is 11.1. The molecule has 1 N–H and O–H groups in total. The van der Waals surface area contributed by atoms with Crippen molar-refractivity contribution in [3.63, 3.8) is 0 Å². The van der Waals surface area contributed by atoms with Crippen LogP contribution in [0.5, 0.6) is 0 Å². The Hall–Kier alpha value is -2.12. The van der Waals surface area contributed by atoms with Gasteiger partial charge in [0.15, 0.2) is 0 Å². The van der Waals surface area contributed by atoms with E-state index >= 15 is 0 Å². The van der Waals surface area contributed by atoms with Gasteiger partial charge in [0, 0.05) is 13.0 Å². The SMILES string of the molecule is CC=CCOCCCC(=O)Nc1ccccc1C#N. The van der Waals surface area contributed by atoms with E-state index in [4.69, 9.17) is 10.00 Å². The van der Waals surface area contributed by atoms with Crippen molar-refractivity contribution >= 4 is 11.6 Å². The number of hydrogen-bond acceptors (Lipinski definition) is 3. The number of carbonyl (C=O) groups is 1. The van der Waals surface area contributed by atoms with Crippen LogP contribution in [0.2, 0.25) is 0 Å². The number of nitriles is 1. The minimum absolute atomic E-state index is 0.0997. The molecular weight excluding hydrogens is 240 g/mol. The van der Waals surface area contributed by atoms with Crippen LogP contribution in [-0.2, 0) is 9.53 Å². The zero-order chi connectivity index (χ0) is 13.9. The van der Waals surface area contributed by atoms with Gasteiger partial charge in [-0.05, 0) is 25.5 Å². The van der Waals surface area contributed by atoms with Crippen molar-refractivity contribution < 1.29 is 9.53 Å². The average Bonchev–Trinajstić information content (AvgIpc) is 2.43. The summed E-state index contributed by atoms with van der Waals surface area (Å²) in [6, 6.07) is 9.00. The molecule has 1 aromatic rings. The number of carbonyl (C=O) groups excluding carboxylic acids is 1. The molecule has 1 amide bonds. The van der Waals surface area contributed by atoms with Crippen LogP contribution in [0, 0.1) is 11.3 Å². The molecule has 1 rings (SSSR count). The Morgan fingerprint density at radius 3 is 3.00 bits per heavy atom. The predicted octanol–water partition coefficient (Wildman–Crippen LogP) is 2.87. The smallest absolute Gasteiger partial charge is 0.224 e. The van der Waals surface area contributed by atoms with Gasteiger partial charge in [-0.3, -0.25) is 4.79 Å². The number of anilines is 1. The molecule has 1 aromatic carbocycles. The Morgan fingerprint density at radius 1 is 1.47 bits per heavy atom. The number of hydrogen-bond donors (Lipinski definition) is 1. The molecular formula is C15H18N2O2. The first-order valence-electron chi connectivity index (χ1n) is 6.25. The van der Waals surface area contributed by atoms with Crippen molar-refractivity contribution in [1.29, 1.82) is 5.26 Å². The molecule has 0 saturated heterocycles. The van der Waals surface area contributed by atoms with Crippen molar-refractivity contribution in [2.75, 3.05) is 18.5 Å². The molecule has 0 saturated carbocycles. The van der Waals surface area contributed by atoms with Crippen molar-refractivity contribution in [1.82, 2.24) is 0 Å². The molecule has 0 aliphatic heterocycles. The van der Waals surface area contributed by atoms with Gasteiger partial charge in [-0.1, -0.05) is 24.3 Å². The van der Waals surface area contributed by atoms with Crippen LogP contribution < -0.4 is 5.32 Å². The maximum Gasteiger partial charge on any atom is 0.224 e. The number of nitrogens with one attached hydrogen (secondary N) is 1. The molecule has 19 heavy (non-hydrogen) atoms. The number of para-hydroxylation sites is 1. The van der Waals surface area contributed by atoms with Gasteiger partial charge >= 0.3 is 0 Å². The first-order chi connectivity index (χ1) is 9.27.